The maximum absolute atomic E-state index is 11.6. The first-order valence-corrected chi connectivity index (χ1v) is 4.99. The molecule has 1 rings (SSSR count). The van der Waals surface area contributed by atoms with Crippen molar-refractivity contribution in [3.63, 3.8) is 0 Å². The van der Waals surface area contributed by atoms with Crippen LogP contribution in [0, 0.1) is 0 Å². The van der Waals surface area contributed by atoms with Crippen molar-refractivity contribution in [1.29, 1.82) is 0 Å². The van der Waals surface area contributed by atoms with E-state index in [2.05, 4.69) is 0 Å². The molecule has 0 unspecified atom stereocenters. The second-order valence-corrected chi connectivity index (χ2v) is 4.43. The lowest BCUT2D eigenvalue weighted by atomic mass is 10.2. The molecular weight excluding hydrogens is 192 g/mol. The van der Waals surface area contributed by atoms with E-state index in [-0.39, 0.29) is 6.09 Å². The largest absolute Gasteiger partial charge is 0.443 e. The van der Waals surface area contributed by atoms with Gasteiger partial charge in [-0.25, -0.2) is 4.79 Å². The van der Waals surface area contributed by atoms with Gasteiger partial charge in [-0.05, 0) is 32.4 Å². The Bertz CT molecular complexity index is 300. The topological polar surface area (TPSA) is 55.6 Å². The highest BCUT2D eigenvalue weighted by molar-refractivity contribution is 5.70. The van der Waals surface area contributed by atoms with Crippen LogP contribution in [0.25, 0.3) is 0 Å². The van der Waals surface area contributed by atoms with E-state index in [0.29, 0.717) is 13.1 Å². The molecule has 0 radical (unpaired) electrons. The summed E-state index contributed by atoms with van der Waals surface area (Å²) >= 11 is 0. The van der Waals surface area contributed by atoms with E-state index in [1.807, 2.05) is 32.9 Å². The lowest BCUT2D eigenvalue weighted by molar-refractivity contribution is 0.0350. The second-order valence-electron chi connectivity index (χ2n) is 4.43. The van der Waals surface area contributed by atoms with Crippen LogP contribution in [0.3, 0.4) is 0 Å². The normalized spacial score (nSPS) is 16.3. The molecule has 0 atom stereocenters. The fourth-order valence-corrected chi connectivity index (χ4v) is 1.14. The van der Waals surface area contributed by atoms with Crippen molar-refractivity contribution in [2.24, 2.45) is 5.73 Å². The van der Waals surface area contributed by atoms with Crippen LogP contribution in [0.15, 0.2) is 23.9 Å². The summed E-state index contributed by atoms with van der Waals surface area (Å²) in [4.78, 5) is 13.1. The number of nitrogens with zero attached hydrogens (tertiary/aromatic N) is 1. The van der Waals surface area contributed by atoms with Crippen LogP contribution in [0.1, 0.15) is 20.8 Å². The Labute approximate surface area is 90.4 Å². The van der Waals surface area contributed by atoms with Crippen LogP contribution in [-0.4, -0.2) is 29.7 Å². The van der Waals surface area contributed by atoms with Gasteiger partial charge in [-0.2, -0.15) is 0 Å². The standard InChI is InChI=1S/C11H18N2O2/c1-11(2,3)15-10(14)13-6-4-9(8-12)5-7-13/h4-6H,7-8,12H2,1-3H3. The Hall–Kier alpha value is -1.29. The van der Waals surface area contributed by atoms with Crippen LogP contribution in [-0.2, 0) is 4.74 Å². The summed E-state index contributed by atoms with van der Waals surface area (Å²) in [6.07, 6.45) is 5.12. The molecule has 1 aliphatic rings. The van der Waals surface area contributed by atoms with E-state index >= 15 is 0 Å². The predicted octanol–water partition coefficient (Wildman–Crippen LogP) is 1.64. The zero-order valence-electron chi connectivity index (χ0n) is 9.49. The Morgan fingerprint density at radius 1 is 1.60 bits per heavy atom. The first-order valence-electron chi connectivity index (χ1n) is 4.99. The molecule has 0 spiro atoms. The van der Waals surface area contributed by atoms with Crippen LogP contribution in [0.2, 0.25) is 0 Å². The minimum atomic E-state index is -0.456. The Morgan fingerprint density at radius 2 is 2.27 bits per heavy atom. The molecule has 4 nitrogen and oxygen atoms in total. The highest BCUT2D eigenvalue weighted by atomic mass is 16.6. The van der Waals surface area contributed by atoms with Crippen molar-refractivity contribution in [3.05, 3.63) is 23.9 Å². The molecule has 0 fully saturated rings. The number of nitrogens with two attached hydrogens (primary N) is 1. The average Bonchev–Trinajstić information content (AvgIpc) is 2.15. The first kappa shape index (κ1) is 11.8. The summed E-state index contributed by atoms with van der Waals surface area (Å²) in [6.45, 7) is 6.57. The van der Waals surface area contributed by atoms with Gasteiger partial charge in [0.05, 0.1) is 0 Å². The molecule has 1 aliphatic heterocycles. The summed E-state index contributed by atoms with van der Waals surface area (Å²) in [6, 6.07) is 0. The zero-order valence-corrected chi connectivity index (χ0v) is 9.49. The molecule has 1 amide bonds. The quantitative estimate of drug-likeness (QED) is 0.715. The summed E-state index contributed by atoms with van der Waals surface area (Å²) in [5.74, 6) is 0. The van der Waals surface area contributed by atoms with E-state index in [0.717, 1.165) is 5.57 Å². The van der Waals surface area contributed by atoms with Crippen molar-refractivity contribution >= 4 is 6.09 Å². The number of hydrogen-bond donors (Lipinski definition) is 1. The summed E-state index contributed by atoms with van der Waals surface area (Å²) in [7, 11) is 0. The number of hydrogen-bond acceptors (Lipinski definition) is 3. The Morgan fingerprint density at radius 3 is 2.67 bits per heavy atom. The molecule has 2 N–H and O–H groups in total. The van der Waals surface area contributed by atoms with Gasteiger partial charge in [0, 0.05) is 19.3 Å². The number of rotatable bonds is 1. The van der Waals surface area contributed by atoms with Crippen molar-refractivity contribution < 1.29 is 9.53 Å². The molecular formula is C11H18N2O2. The monoisotopic (exact) mass is 210 g/mol. The van der Waals surface area contributed by atoms with Crippen LogP contribution in [0.4, 0.5) is 4.79 Å². The van der Waals surface area contributed by atoms with E-state index < -0.39 is 5.60 Å². The van der Waals surface area contributed by atoms with Gasteiger partial charge in [0.1, 0.15) is 5.60 Å². The fourth-order valence-electron chi connectivity index (χ4n) is 1.14. The molecule has 0 aromatic carbocycles. The number of carbonyl (C=O) groups is 1. The molecule has 0 saturated carbocycles. The number of ether oxygens (including phenoxy) is 1. The van der Waals surface area contributed by atoms with E-state index in [9.17, 15) is 4.79 Å². The van der Waals surface area contributed by atoms with Gasteiger partial charge >= 0.3 is 6.09 Å². The third-order valence-corrected chi connectivity index (χ3v) is 1.88. The SMILES string of the molecule is CC(C)(C)OC(=O)N1C=CC(CN)=CC1. The minimum Gasteiger partial charge on any atom is -0.443 e. The Balaban J connectivity index is 2.52. The highest BCUT2D eigenvalue weighted by Crippen LogP contribution is 2.13. The molecule has 1 heterocycles. The molecule has 84 valence electrons. The van der Waals surface area contributed by atoms with Crippen molar-refractivity contribution in [1.82, 2.24) is 4.90 Å². The predicted molar refractivity (Wildman–Crippen MR) is 59.2 cm³/mol. The smallest absolute Gasteiger partial charge is 0.414 e. The molecule has 0 saturated heterocycles. The minimum absolute atomic E-state index is 0.328. The lowest BCUT2D eigenvalue weighted by Crippen LogP contribution is -2.34. The fraction of sp³-hybridized carbons (Fsp3) is 0.545. The van der Waals surface area contributed by atoms with Crippen molar-refractivity contribution in [2.75, 3.05) is 13.1 Å². The van der Waals surface area contributed by atoms with Gasteiger partial charge < -0.3 is 10.5 Å². The highest BCUT2D eigenvalue weighted by Gasteiger charge is 2.20. The lowest BCUT2D eigenvalue weighted by Gasteiger charge is -2.26. The van der Waals surface area contributed by atoms with Gasteiger partial charge in [-0.3, -0.25) is 4.90 Å². The van der Waals surface area contributed by atoms with E-state index in [1.165, 1.54) is 4.90 Å². The van der Waals surface area contributed by atoms with Gasteiger partial charge in [-0.15, -0.1) is 0 Å². The molecule has 4 heteroatoms. The van der Waals surface area contributed by atoms with Crippen LogP contribution >= 0.6 is 0 Å². The summed E-state index contributed by atoms with van der Waals surface area (Å²) in [5, 5.41) is 0. The number of amides is 1. The molecule has 0 aliphatic carbocycles. The maximum atomic E-state index is 11.6. The number of carbonyl (C=O) groups excluding carboxylic acids is 1. The summed E-state index contributed by atoms with van der Waals surface area (Å²) < 4.78 is 5.22. The Kier molecular flexibility index (Phi) is 3.52. The molecule has 0 bridgehead atoms. The summed E-state index contributed by atoms with van der Waals surface area (Å²) in [5.41, 5.74) is 6.05. The third-order valence-electron chi connectivity index (χ3n) is 1.88. The van der Waals surface area contributed by atoms with E-state index in [1.54, 1.807) is 6.20 Å². The third kappa shape index (κ3) is 3.75. The average molecular weight is 210 g/mol. The van der Waals surface area contributed by atoms with Gasteiger partial charge in [0.25, 0.3) is 0 Å². The van der Waals surface area contributed by atoms with Crippen molar-refractivity contribution in [2.45, 2.75) is 26.4 Å². The molecule has 0 aromatic rings. The van der Waals surface area contributed by atoms with Gasteiger partial charge in [-0.1, -0.05) is 6.08 Å². The molecule has 15 heavy (non-hydrogen) atoms. The van der Waals surface area contributed by atoms with E-state index in [4.69, 9.17) is 10.5 Å². The first-order chi connectivity index (χ1) is 6.92. The second kappa shape index (κ2) is 4.49. The maximum Gasteiger partial charge on any atom is 0.414 e. The molecule has 0 aromatic heterocycles. The zero-order chi connectivity index (χ0) is 11.5. The van der Waals surface area contributed by atoms with Crippen molar-refractivity contribution in [3.8, 4) is 0 Å². The van der Waals surface area contributed by atoms with Crippen LogP contribution in [0.5, 0.6) is 0 Å². The van der Waals surface area contributed by atoms with Crippen LogP contribution < -0.4 is 5.73 Å². The van der Waals surface area contributed by atoms with Gasteiger partial charge in [0.2, 0.25) is 0 Å². The van der Waals surface area contributed by atoms with Gasteiger partial charge in [0.15, 0.2) is 0 Å².